The number of fused-ring (bicyclic) bond motifs is 5. The van der Waals surface area contributed by atoms with Crippen LogP contribution in [0.4, 0.5) is 5.95 Å². The molecule has 0 radical (unpaired) electrons. The standard InChI is InChI=1S/C14H15ClN6/c15-12-18-13(20-14(19-12)21-4-3-16-6-21)17-11-9-7-1-2-8(5-7)10(9)11/h3-4,6-11H,1-2,5H2,(H,17,18,19,20). The topological polar surface area (TPSA) is 68.5 Å². The summed E-state index contributed by atoms with van der Waals surface area (Å²) in [5, 5.41) is 3.69. The Labute approximate surface area is 127 Å². The number of hydrogen-bond donors (Lipinski definition) is 1. The molecule has 108 valence electrons. The molecule has 0 saturated heterocycles. The number of halogens is 1. The van der Waals surface area contributed by atoms with Gasteiger partial charge in [0.15, 0.2) is 0 Å². The van der Waals surface area contributed by atoms with E-state index < -0.39 is 0 Å². The second-order valence-electron chi connectivity index (χ2n) is 6.36. The van der Waals surface area contributed by atoms with E-state index in [1.807, 2.05) is 0 Å². The number of imidazole rings is 1. The maximum atomic E-state index is 6.03. The molecule has 1 N–H and O–H groups in total. The fourth-order valence-electron chi connectivity index (χ4n) is 4.56. The van der Waals surface area contributed by atoms with Crippen LogP contribution in [0.2, 0.25) is 5.28 Å². The number of hydrogen-bond acceptors (Lipinski definition) is 5. The maximum absolute atomic E-state index is 6.03. The summed E-state index contributed by atoms with van der Waals surface area (Å²) in [5.41, 5.74) is 0. The van der Waals surface area contributed by atoms with Crippen LogP contribution in [0, 0.1) is 23.7 Å². The molecule has 0 amide bonds. The van der Waals surface area contributed by atoms with Crippen LogP contribution in [-0.4, -0.2) is 30.5 Å². The Hall–Kier alpha value is -1.69. The third kappa shape index (κ3) is 1.78. The molecular formula is C14H15ClN6. The molecule has 0 aliphatic heterocycles. The van der Waals surface area contributed by atoms with Crippen LogP contribution < -0.4 is 5.32 Å². The molecule has 0 spiro atoms. The van der Waals surface area contributed by atoms with E-state index in [4.69, 9.17) is 11.6 Å². The van der Waals surface area contributed by atoms with Crippen molar-refractivity contribution in [1.82, 2.24) is 24.5 Å². The lowest BCUT2D eigenvalue weighted by Gasteiger charge is -2.11. The van der Waals surface area contributed by atoms with Crippen molar-refractivity contribution >= 4 is 17.5 Å². The van der Waals surface area contributed by atoms with Crippen molar-refractivity contribution in [2.45, 2.75) is 25.3 Å². The van der Waals surface area contributed by atoms with Crippen molar-refractivity contribution in [3.8, 4) is 5.95 Å². The van der Waals surface area contributed by atoms with Crippen molar-refractivity contribution < 1.29 is 0 Å². The van der Waals surface area contributed by atoms with Crippen molar-refractivity contribution in [3.63, 3.8) is 0 Å². The zero-order valence-electron chi connectivity index (χ0n) is 11.4. The summed E-state index contributed by atoms with van der Waals surface area (Å²) < 4.78 is 1.73. The van der Waals surface area contributed by atoms with Gasteiger partial charge < -0.3 is 5.32 Å². The number of nitrogens with one attached hydrogen (secondary N) is 1. The highest BCUT2D eigenvalue weighted by Crippen LogP contribution is 2.66. The van der Waals surface area contributed by atoms with Gasteiger partial charge in [0.05, 0.1) is 0 Å². The summed E-state index contributed by atoms with van der Waals surface area (Å²) in [5.74, 6) is 4.58. The van der Waals surface area contributed by atoms with Crippen LogP contribution in [0.1, 0.15) is 19.3 Å². The Balaban J connectivity index is 1.40. The van der Waals surface area contributed by atoms with Crippen LogP contribution in [0.25, 0.3) is 5.95 Å². The van der Waals surface area contributed by atoms with Gasteiger partial charge in [-0.05, 0) is 54.5 Å². The molecule has 2 aromatic rings. The molecule has 3 aliphatic carbocycles. The largest absolute Gasteiger partial charge is 0.351 e. The highest BCUT2D eigenvalue weighted by molar-refractivity contribution is 6.28. The van der Waals surface area contributed by atoms with Crippen LogP contribution in [-0.2, 0) is 0 Å². The van der Waals surface area contributed by atoms with Gasteiger partial charge in [0, 0.05) is 18.4 Å². The fraction of sp³-hybridized carbons (Fsp3) is 0.571. The lowest BCUT2D eigenvalue weighted by atomic mass is 10.0. The zero-order chi connectivity index (χ0) is 14.0. The third-order valence-corrected chi connectivity index (χ3v) is 5.53. The van der Waals surface area contributed by atoms with Crippen molar-refractivity contribution in [2.75, 3.05) is 5.32 Å². The van der Waals surface area contributed by atoms with E-state index in [2.05, 4.69) is 25.3 Å². The van der Waals surface area contributed by atoms with Crippen LogP contribution in [0.5, 0.6) is 0 Å². The Morgan fingerprint density at radius 1 is 1.14 bits per heavy atom. The Bertz CT molecular complexity index is 671. The summed E-state index contributed by atoms with van der Waals surface area (Å²) >= 11 is 6.03. The highest BCUT2D eigenvalue weighted by atomic mass is 35.5. The summed E-state index contributed by atoms with van der Waals surface area (Å²) in [6.07, 6.45) is 9.38. The van der Waals surface area contributed by atoms with E-state index in [-0.39, 0.29) is 5.28 Å². The maximum Gasteiger partial charge on any atom is 0.241 e. The minimum Gasteiger partial charge on any atom is -0.351 e. The lowest BCUT2D eigenvalue weighted by Crippen LogP contribution is -2.16. The molecule has 4 atom stereocenters. The normalized spacial score (nSPS) is 35.8. The minimum absolute atomic E-state index is 0.213. The van der Waals surface area contributed by atoms with Gasteiger partial charge >= 0.3 is 0 Å². The number of anilines is 1. The van der Waals surface area contributed by atoms with Gasteiger partial charge in [-0.15, -0.1) is 0 Å². The molecule has 5 rings (SSSR count). The first-order valence-corrected chi connectivity index (χ1v) is 7.84. The highest BCUT2D eigenvalue weighted by Gasteiger charge is 2.65. The average Bonchev–Trinajstić information content (AvgIpc) is 2.97. The molecule has 4 unspecified atom stereocenters. The fourth-order valence-corrected chi connectivity index (χ4v) is 4.72. The molecule has 21 heavy (non-hydrogen) atoms. The molecule has 2 aromatic heterocycles. The van der Waals surface area contributed by atoms with E-state index >= 15 is 0 Å². The zero-order valence-corrected chi connectivity index (χ0v) is 12.1. The predicted octanol–water partition coefficient (Wildman–Crippen LogP) is 2.17. The minimum atomic E-state index is 0.213. The first-order valence-electron chi connectivity index (χ1n) is 7.46. The number of nitrogens with zero attached hydrogens (tertiary/aromatic N) is 5. The van der Waals surface area contributed by atoms with Crippen LogP contribution >= 0.6 is 11.6 Å². The van der Waals surface area contributed by atoms with Crippen molar-refractivity contribution in [1.29, 1.82) is 0 Å². The van der Waals surface area contributed by atoms with E-state index in [9.17, 15) is 0 Å². The monoisotopic (exact) mass is 302 g/mol. The van der Waals surface area contributed by atoms with E-state index in [1.165, 1.54) is 19.3 Å². The Kier molecular flexibility index (Phi) is 2.36. The van der Waals surface area contributed by atoms with Crippen LogP contribution in [0.3, 0.4) is 0 Å². The lowest BCUT2D eigenvalue weighted by molar-refractivity contribution is 0.456. The molecule has 2 bridgehead atoms. The van der Waals surface area contributed by atoms with Gasteiger partial charge in [0.25, 0.3) is 0 Å². The van der Waals surface area contributed by atoms with E-state index in [1.54, 1.807) is 23.3 Å². The van der Waals surface area contributed by atoms with Crippen molar-refractivity contribution in [2.24, 2.45) is 23.7 Å². The first-order chi connectivity index (χ1) is 10.3. The Morgan fingerprint density at radius 2 is 1.95 bits per heavy atom. The molecule has 3 fully saturated rings. The van der Waals surface area contributed by atoms with Gasteiger partial charge in [-0.25, -0.2) is 4.98 Å². The SMILES string of the molecule is Clc1nc(NC2C3C4CCC(C4)C23)nc(-n2ccnc2)n1. The second kappa shape index (κ2) is 4.16. The number of rotatable bonds is 3. The van der Waals surface area contributed by atoms with Gasteiger partial charge in [0.2, 0.25) is 17.2 Å². The average molecular weight is 303 g/mol. The molecule has 3 saturated carbocycles. The molecule has 0 aromatic carbocycles. The van der Waals surface area contributed by atoms with Gasteiger partial charge in [0.1, 0.15) is 6.33 Å². The summed E-state index contributed by atoms with van der Waals surface area (Å²) in [7, 11) is 0. The van der Waals surface area contributed by atoms with Gasteiger partial charge in [-0.1, -0.05) is 0 Å². The van der Waals surface area contributed by atoms with Gasteiger partial charge in [-0.3, -0.25) is 4.57 Å². The van der Waals surface area contributed by atoms with Crippen LogP contribution in [0.15, 0.2) is 18.7 Å². The number of aromatic nitrogens is 5. The molecule has 6 nitrogen and oxygen atoms in total. The summed E-state index contributed by atoms with van der Waals surface area (Å²) in [4.78, 5) is 16.8. The summed E-state index contributed by atoms with van der Waals surface area (Å²) in [6, 6.07) is 0.533. The quantitative estimate of drug-likeness (QED) is 0.941. The van der Waals surface area contributed by atoms with Gasteiger partial charge in [-0.2, -0.15) is 15.0 Å². The molecular weight excluding hydrogens is 288 g/mol. The Morgan fingerprint density at radius 3 is 2.67 bits per heavy atom. The van der Waals surface area contributed by atoms with E-state index in [0.29, 0.717) is 17.9 Å². The first kappa shape index (κ1) is 11.9. The molecule has 3 aliphatic rings. The smallest absolute Gasteiger partial charge is 0.241 e. The third-order valence-electron chi connectivity index (χ3n) is 5.36. The van der Waals surface area contributed by atoms with Crippen molar-refractivity contribution in [3.05, 3.63) is 24.0 Å². The molecule has 7 heteroatoms. The summed E-state index contributed by atoms with van der Waals surface area (Å²) in [6.45, 7) is 0. The second-order valence-corrected chi connectivity index (χ2v) is 6.69. The predicted molar refractivity (Wildman–Crippen MR) is 77.2 cm³/mol. The molecule has 2 heterocycles. The van der Waals surface area contributed by atoms with E-state index in [0.717, 1.165) is 23.7 Å².